The van der Waals surface area contributed by atoms with E-state index in [1.54, 1.807) is 6.07 Å². The van der Waals surface area contributed by atoms with Gasteiger partial charge in [0.25, 0.3) is 0 Å². The summed E-state index contributed by atoms with van der Waals surface area (Å²) in [6, 6.07) is 3.59. The summed E-state index contributed by atoms with van der Waals surface area (Å²) in [5, 5.41) is 3.27. The second kappa shape index (κ2) is 5.12. The van der Waals surface area contributed by atoms with Gasteiger partial charge in [-0.25, -0.2) is 0 Å². The van der Waals surface area contributed by atoms with Gasteiger partial charge in [0.05, 0.1) is 6.42 Å². The molecule has 16 heavy (non-hydrogen) atoms. The van der Waals surface area contributed by atoms with Gasteiger partial charge in [-0.05, 0) is 38.0 Å². The smallest absolute Gasteiger partial charge is 0.231 e. The van der Waals surface area contributed by atoms with E-state index >= 15 is 0 Å². The molecule has 0 radical (unpaired) electrons. The lowest BCUT2D eigenvalue weighted by Gasteiger charge is -2.09. The van der Waals surface area contributed by atoms with E-state index in [0.29, 0.717) is 10.7 Å². The minimum Gasteiger partial charge on any atom is -0.325 e. The molecule has 0 saturated carbocycles. The van der Waals surface area contributed by atoms with Gasteiger partial charge < -0.3 is 5.32 Å². The SMILES string of the molecule is CC(=O)CC(=O)Nc1cc(Cl)c(C)cc1C. The average molecular weight is 240 g/mol. The van der Waals surface area contributed by atoms with Crippen molar-refractivity contribution in [3.05, 3.63) is 28.3 Å². The van der Waals surface area contributed by atoms with Gasteiger partial charge in [-0.2, -0.15) is 0 Å². The fraction of sp³-hybridized carbons (Fsp3) is 0.333. The summed E-state index contributed by atoms with van der Waals surface area (Å²) in [6.45, 7) is 5.16. The van der Waals surface area contributed by atoms with E-state index in [4.69, 9.17) is 11.6 Å². The predicted octanol–water partition coefficient (Wildman–Crippen LogP) is 2.87. The number of rotatable bonds is 3. The number of carbonyl (C=O) groups excluding carboxylic acids is 2. The summed E-state index contributed by atoms with van der Waals surface area (Å²) in [4.78, 5) is 22.2. The maximum absolute atomic E-state index is 11.4. The Balaban J connectivity index is 2.85. The molecule has 0 unspecified atom stereocenters. The van der Waals surface area contributed by atoms with Crippen molar-refractivity contribution in [2.24, 2.45) is 0 Å². The molecule has 0 aliphatic heterocycles. The van der Waals surface area contributed by atoms with Crippen LogP contribution in [0.3, 0.4) is 0 Å². The van der Waals surface area contributed by atoms with E-state index in [0.717, 1.165) is 11.1 Å². The van der Waals surface area contributed by atoms with Crippen LogP contribution in [-0.2, 0) is 9.59 Å². The van der Waals surface area contributed by atoms with Gasteiger partial charge in [-0.15, -0.1) is 0 Å². The van der Waals surface area contributed by atoms with Crippen LogP contribution in [0.25, 0.3) is 0 Å². The van der Waals surface area contributed by atoms with Crippen molar-refractivity contribution in [1.29, 1.82) is 0 Å². The summed E-state index contributed by atoms with van der Waals surface area (Å²) < 4.78 is 0. The highest BCUT2D eigenvalue weighted by molar-refractivity contribution is 6.31. The predicted molar refractivity (Wildman–Crippen MR) is 64.9 cm³/mol. The number of nitrogens with one attached hydrogen (secondary N) is 1. The Morgan fingerprint density at radius 2 is 1.88 bits per heavy atom. The quantitative estimate of drug-likeness (QED) is 0.825. The molecule has 1 aromatic carbocycles. The molecule has 0 aliphatic carbocycles. The van der Waals surface area contributed by atoms with Crippen LogP contribution >= 0.6 is 11.6 Å². The van der Waals surface area contributed by atoms with Gasteiger partial charge in [0, 0.05) is 10.7 Å². The Hall–Kier alpha value is -1.35. The zero-order chi connectivity index (χ0) is 12.3. The van der Waals surface area contributed by atoms with Crippen molar-refractivity contribution in [2.45, 2.75) is 27.2 Å². The van der Waals surface area contributed by atoms with Crippen molar-refractivity contribution in [2.75, 3.05) is 5.32 Å². The number of aryl methyl sites for hydroxylation is 2. The monoisotopic (exact) mass is 239 g/mol. The van der Waals surface area contributed by atoms with Gasteiger partial charge in [0.15, 0.2) is 0 Å². The number of Topliss-reactive ketones (excluding diaryl/α,β-unsaturated/α-hetero) is 1. The first-order valence-electron chi connectivity index (χ1n) is 4.96. The Labute approximate surface area is 99.8 Å². The summed E-state index contributed by atoms with van der Waals surface area (Å²) >= 11 is 5.96. The van der Waals surface area contributed by atoms with Gasteiger partial charge in [0.1, 0.15) is 5.78 Å². The second-order valence-electron chi connectivity index (χ2n) is 3.84. The Bertz CT molecular complexity index is 441. The molecular formula is C12H14ClNO2. The molecule has 0 fully saturated rings. The second-order valence-corrected chi connectivity index (χ2v) is 4.25. The molecule has 0 saturated heterocycles. The number of ketones is 1. The van der Waals surface area contributed by atoms with Crippen molar-refractivity contribution in [1.82, 2.24) is 0 Å². The molecule has 0 aliphatic rings. The van der Waals surface area contributed by atoms with E-state index < -0.39 is 0 Å². The van der Waals surface area contributed by atoms with Crippen molar-refractivity contribution in [3.8, 4) is 0 Å². The first-order chi connectivity index (χ1) is 7.40. The number of hydrogen-bond donors (Lipinski definition) is 1. The zero-order valence-corrected chi connectivity index (χ0v) is 10.3. The molecule has 1 N–H and O–H groups in total. The number of hydrogen-bond acceptors (Lipinski definition) is 2. The van der Waals surface area contributed by atoms with Crippen molar-refractivity contribution >= 4 is 29.0 Å². The number of carbonyl (C=O) groups is 2. The lowest BCUT2D eigenvalue weighted by molar-refractivity contribution is -0.124. The molecule has 4 heteroatoms. The molecule has 0 aromatic heterocycles. The summed E-state index contributed by atoms with van der Waals surface area (Å²) in [5.74, 6) is -0.469. The maximum Gasteiger partial charge on any atom is 0.231 e. The fourth-order valence-corrected chi connectivity index (χ4v) is 1.54. The van der Waals surface area contributed by atoms with Crippen LogP contribution in [0.4, 0.5) is 5.69 Å². The summed E-state index contributed by atoms with van der Waals surface area (Å²) in [6.07, 6.45) is -0.106. The third-order valence-electron chi connectivity index (χ3n) is 2.19. The van der Waals surface area contributed by atoms with Gasteiger partial charge in [-0.3, -0.25) is 9.59 Å². The Morgan fingerprint density at radius 1 is 1.25 bits per heavy atom. The molecule has 0 heterocycles. The highest BCUT2D eigenvalue weighted by atomic mass is 35.5. The molecule has 1 aromatic rings. The van der Waals surface area contributed by atoms with E-state index in [1.807, 2.05) is 19.9 Å². The molecular weight excluding hydrogens is 226 g/mol. The molecule has 0 spiro atoms. The Kier molecular flexibility index (Phi) is 4.07. The number of halogens is 1. The van der Waals surface area contributed by atoms with Crippen molar-refractivity contribution in [3.63, 3.8) is 0 Å². The standard InChI is InChI=1S/C12H14ClNO2/c1-7-4-8(2)11(6-10(7)13)14-12(16)5-9(3)15/h4,6H,5H2,1-3H3,(H,14,16). The molecule has 0 bridgehead atoms. The zero-order valence-electron chi connectivity index (χ0n) is 9.56. The van der Waals surface area contributed by atoms with Crippen LogP contribution in [0.2, 0.25) is 5.02 Å². The fourth-order valence-electron chi connectivity index (χ4n) is 1.38. The average Bonchev–Trinajstić information content (AvgIpc) is 2.12. The minimum atomic E-state index is -0.310. The van der Waals surface area contributed by atoms with E-state index in [9.17, 15) is 9.59 Å². The van der Waals surface area contributed by atoms with Crippen molar-refractivity contribution < 1.29 is 9.59 Å². The molecule has 1 rings (SSSR count). The summed E-state index contributed by atoms with van der Waals surface area (Å²) in [7, 11) is 0. The van der Waals surface area contributed by atoms with Gasteiger partial charge in [-0.1, -0.05) is 17.7 Å². The van der Waals surface area contributed by atoms with Crippen LogP contribution in [-0.4, -0.2) is 11.7 Å². The summed E-state index contributed by atoms with van der Waals surface area (Å²) in [5.41, 5.74) is 2.55. The maximum atomic E-state index is 11.4. The highest BCUT2D eigenvalue weighted by Gasteiger charge is 2.08. The van der Waals surface area contributed by atoms with Gasteiger partial charge in [0.2, 0.25) is 5.91 Å². The lowest BCUT2D eigenvalue weighted by atomic mass is 10.1. The number of anilines is 1. The third kappa shape index (κ3) is 3.35. The van der Waals surface area contributed by atoms with Crippen LogP contribution in [0.1, 0.15) is 24.5 Å². The first kappa shape index (κ1) is 12.7. The van der Waals surface area contributed by atoms with Gasteiger partial charge >= 0.3 is 0 Å². The normalized spacial score (nSPS) is 10.0. The van der Waals surface area contributed by atoms with E-state index in [2.05, 4.69) is 5.32 Å². The number of amides is 1. The highest BCUT2D eigenvalue weighted by Crippen LogP contribution is 2.24. The molecule has 1 amide bonds. The van der Waals surface area contributed by atoms with E-state index in [1.165, 1.54) is 6.92 Å². The number of benzene rings is 1. The minimum absolute atomic E-state index is 0.106. The Morgan fingerprint density at radius 3 is 2.44 bits per heavy atom. The first-order valence-corrected chi connectivity index (χ1v) is 5.34. The van der Waals surface area contributed by atoms with E-state index in [-0.39, 0.29) is 18.1 Å². The molecule has 3 nitrogen and oxygen atoms in total. The topological polar surface area (TPSA) is 46.2 Å². The van der Waals surface area contributed by atoms with Crippen LogP contribution in [0.5, 0.6) is 0 Å². The molecule has 86 valence electrons. The lowest BCUT2D eigenvalue weighted by Crippen LogP contribution is -2.15. The largest absolute Gasteiger partial charge is 0.325 e. The third-order valence-corrected chi connectivity index (χ3v) is 2.60. The van der Waals surface area contributed by atoms with Crippen LogP contribution < -0.4 is 5.32 Å². The van der Waals surface area contributed by atoms with Crippen LogP contribution in [0, 0.1) is 13.8 Å². The molecule has 0 atom stereocenters. The van der Waals surface area contributed by atoms with Crippen LogP contribution in [0.15, 0.2) is 12.1 Å².